The number of fused-ring (bicyclic) bond motifs is 6. The number of para-hydroxylation sites is 2. The summed E-state index contributed by atoms with van der Waals surface area (Å²) in [6.07, 6.45) is -2.08. The number of ether oxygens (including phenoxy) is 2. The third-order valence-corrected chi connectivity index (χ3v) is 16.1. The van der Waals surface area contributed by atoms with Crippen molar-refractivity contribution in [3.05, 3.63) is 157 Å². The summed E-state index contributed by atoms with van der Waals surface area (Å²) in [5.74, 6) is -1.49. The van der Waals surface area contributed by atoms with Gasteiger partial charge in [-0.2, -0.15) is 0 Å². The van der Waals surface area contributed by atoms with Crippen LogP contribution in [-0.2, 0) is 57.1 Å². The number of alkyl carbamates (subject to hydrolysis) is 2. The van der Waals surface area contributed by atoms with Crippen LogP contribution in [0.15, 0.2) is 164 Å². The maximum Gasteiger partial charge on any atom is 0.408 e. The molecule has 1 unspecified atom stereocenters. The first-order valence-corrected chi connectivity index (χ1v) is 29.6. The van der Waals surface area contributed by atoms with Gasteiger partial charge in [-0.3, -0.25) is 14.4 Å². The summed E-state index contributed by atoms with van der Waals surface area (Å²) in [6.45, 7) is 9.96. The van der Waals surface area contributed by atoms with E-state index in [0.717, 1.165) is 21.9 Å². The molecule has 2 aromatic heterocycles. The Morgan fingerprint density at radius 2 is 0.902 bits per heavy atom. The van der Waals surface area contributed by atoms with Crippen LogP contribution in [0.3, 0.4) is 0 Å². The van der Waals surface area contributed by atoms with Crippen molar-refractivity contribution in [1.29, 1.82) is 0 Å². The fraction of sp³-hybridized carbons (Fsp3) is 0.317. The molecule has 4 amide bonds. The molecule has 2 heterocycles. The molecule has 7 N–H and O–H groups in total. The third kappa shape index (κ3) is 17.0. The Morgan fingerprint density at radius 1 is 0.500 bits per heavy atom. The molecule has 0 aliphatic heterocycles. The van der Waals surface area contributed by atoms with Gasteiger partial charge in [-0.05, 0) is 98.2 Å². The average Bonchev–Trinajstić information content (AvgIpc) is 4.14. The average molecular weight is 1160 g/mol. The van der Waals surface area contributed by atoms with Crippen molar-refractivity contribution in [3.63, 3.8) is 0 Å². The molecule has 0 saturated heterocycles. The number of carbonyl (C=O) groups is 5. The molecule has 0 saturated carbocycles. The number of hydrogen-bond acceptors (Lipinski definition) is 14. The lowest BCUT2D eigenvalue weighted by atomic mass is 10.0. The number of ketones is 1. The fourth-order valence-corrected chi connectivity index (χ4v) is 11.2. The van der Waals surface area contributed by atoms with Gasteiger partial charge in [0.25, 0.3) is 0 Å². The van der Waals surface area contributed by atoms with E-state index in [-0.39, 0.29) is 41.4 Å². The number of carbonyl (C=O) groups excluding carboxylic acids is 5. The molecule has 0 fully saturated rings. The van der Waals surface area contributed by atoms with Gasteiger partial charge in [-0.1, -0.05) is 125 Å². The molecule has 0 aliphatic carbocycles. The van der Waals surface area contributed by atoms with Crippen molar-refractivity contribution < 1.29 is 64.2 Å². The molecule has 5 atom stereocenters. The predicted molar refractivity (Wildman–Crippen MR) is 310 cm³/mol. The number of Topliss-reactive ketones (excluding diaryl/α,β-unsaturated/α-hetero) is 1. The van der Waals surface area contributed by atoms with Gasteiger partial charge in [0.2, 0.25) is 31.9 Å². The summed E-state index contributed by atoms with van der Waals surface area (Å²) in [5, 5.41) is 23.8. The Balaban J connectivity index is 0.000000236. The second-order valence-corrected chi connectivity index (χ2v) is 24.0. The van der Waals surface area contributed by atoms with Crippen molar-refractivity contribution in [2.24, 2.45) is 11.8 Å². The summed E-state index contributed by atoms with van der Waals surface area (Å²) in [5.41, 5.74) is 4.01. The van der Waals surface area contributed by atoms with Crippen LogP contribution in [0.5, 0.6) is 0 Å². The van der Waals surface area contributed by atoms with Crippen LogP contribution in [-0.4, -0.2) is 95.1 Å². The largest absolute Gasteiger partial charge is 0.456 e. The number of rotatable bonds is 24. The van der Waals surface area contributed by atoms with Gasteiger partial charge >= 0.3 is 12.2 Å². The highest BCUT2D eigenvalue weighted by Crippen LogP contribution is 2.32. The quantitative estimate of drug-likeness (QED) is 0.0299. The number of amides is 4. The number of sulfonamides is 2. The highest BCUT2D eigenvalue weighted by molar-refractivity contribution is 7.89. The second-order valence-electron chi connectivity index (χ2n) is 20.5. The Labute approximate surface area is 475 Å². The standard InChI is InChI=1S/C30H35N3O7S.C30H33N3O7S/c2*1-19(2)15-25(32-30(36)39-18-21-9-5-4-6-10-21)29(35)31-17-26(34)20(3)33-41(37,38)22-13-14-28-24(16-22)23-11-7-8-12-27(23)40-28/h4-14,16,19-20,25-26,33-34H,15,17-18H2,1-3H3,(H,31,35)(H,32,36);4-14,16,19-20,25,33H,15,17-18H2,1-3H3,(H,31,35)(H,32,36)/t20?,25-,26-;20-,25-/m00/s1. The number of hydrogen-bond donors (Lipinski definition) is 7. The zero-order valence-corrected chi connectivity index (χ0v) is 47.8. The highest BCUT2D eigenvalue weighted by atomic mass is 32.2. The number of aliphatic hydroxyl groups is 1. The molecule has 8 rings (SSSR count). The minimum atomic E-state index is -4.06. The van der Waals surface area contributed by atoms with E-state index in [4.69, 9.17) is 18.3 Å². The Hall–Kier alpha value is -8.15. The van der Waals surface area contributed by atoms with Gasteiger partial charge in [0.05, 0.1) is 28.5 Å². The summed E-state index contributed by atoms with van der Waals surface area (Å²) in [6, 6.07) is 38.1. The molecule has 434 valence electrons. The van der Waals surface area contributed by atoms with E-state index in [2.05, 4.69) is 30.7 Å². The smallest absolute Gasteiger partial charge is 0.408 e. The van der Waals surface area contributed by atoms with Crippen LogP contribution in [0.25, 0.3) is 43.9 Å². The Bertz CT molecular complexity index is 3740. The molecule has 22 heteroatoms. The van der Waals surface area contributed by atoms with Gasteiger partial charge in [0.1, 0.15) is 47.6 Å². The Morgan fingerprint density at radius 3 is 1.35 bits per heavy atom. The van der Waals surface area contributed by atoms with Crippen LogP contribution in [0, 0.1) is 11.8 Å². The molecule has 0 bridgehead atoms. The first-order valence-electron chi connectivity index (χ1n) is 26.6. The first-order chi connectivity index (χ1) is 39.1. The zero-order valence-electron chi connectivity index (χ0n) is 46.2. The SMILES string of the molecule is CC(C)C[C@H](NC(=O)OCc1ccccc1)C(=O)NCC(=O)[C@H](C)NS(=O)(=O)c1ccc2oc3ccccc3c2c1.CC(C)C[C@H](NC(=O)OCc1ccccc1)C(=O)NC[C@H](O)C(C)NS(=O)(=O)c1ccc2oc3ccccc3c2c1. The first kappa shape index (κ1) is 61.5. The van der Waals surface area contributed by atoms with Crippen LogP contribution < -0.4 is 30.7 Å². The van der Waals surface area contributed by atoms with Crippen LogP contribution in [0.1, 0.15) is 65.5 Å². The lowest BCUT2D eigenvalue weighted by Gasteiger charge is -2.23. The van der Waals surface area contributed by atoms with Crippen LogP contribution >= 0.6 is 0 Å². The lowest BCUT2D eigenvalue weighted by Crippen LogP contribution is -2.51. The van der Waals surface area contributed by atoms with Crippen molar-refractivity contribution in [2.75, 3.05) is 13.1 Å². The van der Waals surface area contributed by atoms with E-state index in [0.29, 0.717) is 45.9 Å². The van der Waals surface area contributed by atoms with Crippen LogP contribution in [0.4, 0.5) is 9.59 Å². The molecule has 82 heavy (non-hydrogen) atoms. The van der Waals surface area contributed by atoms with Gasteiger partial charge in [-0.25, -0.2) is 35.9 Å². The van der Waals surface area contributed by atoms with E-state index in [1.54, 1.807) is 18.2 Å². The van der Waals surface area contributed by atoms with E-state index < -0.39 is 86.6 Å². The van der Waals surface area contributed by atoms with Crippen molar-refractivity contribution in [2.45, 2.75) is 108 Å². The highest BCUT2D eigenvalue weighted by Gasteiger charge is 2.29. The number of benzene rings is 6. The molecule has 20 nitrogen and oxygen atoms in total. The van der Waals surface area contributed by atoms with E-state index >= 15 is 0 Å². The minimum absolute atomic E-state index is 0.0181. The number of aliphatic hydroxyl groups excluding tert-OH is 1. The molecule has 6 aromatic carbocycles. The van der Waals surface area contributed by atoms with Gasteiger partial charge in [-0.15, -0.1) is 0 Å². The number of furan rings is 2. The number of nitrogens with one attached hydrogen (secondary N) is 6. The second kappa shape index (κ2) is 28.0. The lowest BCUT2D eigenvalue weighted by molar-refractivity contribution is -0.127. The Kier molecular flexibility index (Phi) is 21.0. The summed E-state index contributed by atoms with van der Waals surface area (Å²) >= 11 is 0. The third-order valence-electron chi connectivity index (χ3n) is 13.0. The molecular weight excluding hydrogens is 1090 g/mol. The zero-order chi connectivity index (χ0) is 59.1. The summed E-state index contributed by atoms with van der Waals surface area (Å²) < 4.78 is 79.1. The monoisotopic (exact) mass is 1160 g/mol. The van der Waals surface area contributed by atoms with E-state index in [9.17, 15) is 45.9 Å². The predicted octanol–water partition coefficient (Wildman–Crippen LogP) is 8.35. The maximum atomic E-state index is 13.1. The normalized spacial score (nSPS) is 13.6. The minimum Gasteiger partial charge on any atom is -0.456 e. The molecule has 8 aromatic rings. The molecule has 0 aliphatic rings. The van der Waals surface area contributed by atoms with Crippen molar-refractivity contribution in [1.82, 2.24) is 30.7 Å². The van der Waals surface area contributed by atoms with Crippen molar-refractivity contribution in [3.8, 4) is 0 Å². The van der Waals surface area contributed by atoms with Crippen LogP contribution in [0.2, 0.25) is 0 Å². The molecule has 0 radical (unpaired) electrons. The summed E-state index contributed by atoms with van der Waals surface area (Å²) in [7, 11) is -8.05. The topological polar surface area (TPSA) is 291 Å². The van der Waals surface area contributed by atoms with Gasteiger partial charge in [0, 0.05) is 34.1 Å². The van der Waals surface area contributed by atoms with Gasteiger partial charge < -0.3 is 44.7 Å². The maximum absolute atomic E-state index is 13.1. The summed E-state index contributed by atoms with van der Waals surface area (Å²) in [4.78, 5) is 63.2. The van der Waals surface area contributed by atoms with E-state index in [1.807, 2.05) is 131 Å². The van der Waals surface area contributed by atoms with E-state index in [1.165, 1.54) is 38.1 Å². The van der Waals surface area contributed by atoms with Crippen molar-refractivity contribution >= 4 is 93.7 Å². The van der Waals surface area contributed by atoms with Gasteiger partial charge in [0.15, 0.2) is 5.78 Å². The molecule has 0 spiro atoms. The fourth-order valence-electron chi connectivity index (χ4n) is 8.68. The molecular formula is C60H68N6O14S2.